The van der Waals surface area contributed by atoms with E-state index in [-0.39, 0.29) is 17.3 Å². The van der Waals surface area contributed by atoms with Gasteiger partial charge in [0.05, 0.1) is 0 Å². The molecular formula is C19H21FN2O. The van der Waals surface area contributed by atoms with Gasteiger partial charge >= 0.3 is 6.03 Å². The normalized spacial score (nSPS) is 15.0. The Hall–Kier alpha value is -2.36. The Bertz CT molecular complexity index is 683. The molecule has 0 radical (unpaired) electrons. The first-order chi connectivity index (χ1) is 11.1. The second-order valence-corrected chi connectivity index (χ2v) is 6.29. The zero-order chi connectivity index (χ0) is 16.3. The fraction of sp³-hybridized carbons (Fsp3) is 0.316. The van der Waals surface area contributed by atoms with Gasteiger partial charge in [-0.3, -0.25) is 0 Å². The van der Waals surface area contributed by atoms with E-state index in [0.29, 0.717) is 13.1 Å². The molecule has 0 spiro atoms. The lowest BCUT2D eigenvalue weighted by atomic mass is 9.96. The lowest BCUT2D eigenvalue weighted by Crippen LogP contribution is -2.40. The summed E-state index contributed by atoms with van der Waals surface area (Å²) in [5.41, 5.74) is 2.16. The van der Waals surface area contributed by atoms with Crippen LogP contribution in [0.2, 0.25) is 0 Å². The molecule has 4 heteroatoms. The van der Waals surface area contributed by atoms with Crippen molar-refractivity contribution in [3.05, 3.63) is 71.5 Å². The quantitative estimate of drug-likeness (QED) is 0.897. The Kier molecular flexibility index (Phi) is 4.33. The average Bonchev–Trinajstić information content (AvgIpc) is 3.35. The molecule has 0 heterocycles. The van der Waals surface area contributed by atoms with Crippen LogP contribution in [0.5, 0.6) is 0 Å². The maximum atomic E-state index is 13.2. The Balaban J connectivity index is 1.55. The van der Waals surface area contributed by atoms with E-state index >= 15 is 0 Å². The van der Waals surface area contributed by atoms with Crippen molar-refractivity contribution in [2.75, 3.05) is 13.6 Å². The number of carbonyl (C=O) groups excluding carboxylic acids is 1. The van der Waals surface area contributed by atoms with E-state index in [2.05, 4.69) is 17.4 Å². The third kappa shape index (κ3) is 3.70. The van der Waals surface area contributed by atoms with Crippen molar-refractivity contribution in [1.29, 1.82) is 0 Å². The lowest BCUT2D eigenvalue weighted by Gasteiger charge is -2.21. The predicted molar refractivity (Wildman–Crippen MR) is 88.6 cm³/mol. The SMILES string of the molecule is CN(Cc1cccc(F)c1)C(=O)NCC1(c2ccccc2)CC1. The summed E-state index contributed by atoms with van der Waals surface area (Å²) in [7, 11) is 1.72. The van der Waals surface area contributed by atoms with Crippen LogP contribution in [0.1, 0.15) is 24.0 Å². The van der Waals surface area contributed by atoms with E-state index < -0.39 is 0 Å². The molecule has 1 aliphatic rings. The number of rotatable bonds is 5. The number of halogens is 1. The van der Waals surface area contributed by atoms with Crippen LogP contribution in [0.4, 0.5) is 9.18 Å². The van der Waals surface area contributed by atoms with Crippen LogP contribution >= 0.6 is 0 Å². The van der Waals surface area contributed by atoms with Crippen LogP contribution in [0.3, 0.4) is 0 Å². The first-order valence-electron chi connectivity index (χ1n) is 7.88. The molecule has 2 aromatic carbocycles. The fourth-order valence-electron chi connectivity index (χ4n) is 2.87. The molecule has 0 bridgehead atoms. The van der Waals surface area contributed by atoms with Gasteiger partial charge in [0.1, 0.15) is 5.82 Å². The van der Waals surface area contributed by atoms with Gasteiger partial charge in [-0.25, -0.2) is 9.18 Å². The minimum absolute atomic E-state index is 0.0939. The third-order valence-electron chi connectivity index (χ3n) is 4.47. The van der Waals surface area contributed by atoms with Crippen molar-refractivity contribution in [3.8, 4) is 0 Å². The Labute approximate surface area is 136 Å². The minimum atomic E-state index is -0.280. The first kappa shape index (κ1) is 15.5. The highest BCUT2D eigenvalue weighted by atomic mass is 19.1. The second-order valence-electron chi connectivity index (χ2n) is 6.29. The highest BCUT2D eigenvalue weighted by Gasteiger charge is 2.44. The smallest absolute Gasteiger partial charge is 0.317 e. The van der Waals surface area contributed by atoms with Gasteiger partial charge in [-0.05, 0) is 36.1 Å². The number of hydrogen-bond donors (Lipinski definition) is 1. The summed E-state index contributed by atoms with van der Waals surface area (Å²) in [5.74, 6) is -0.280. The third-order valence-corrected chi connectivity index (χ3v) is 4.47. The number of hydrogen-bond acceptors (Lipinski definition) is 1. The van der Waals surface area contributed by atoms with Crippen molar-refractivity contribution in [2.45, 2.75) is 24.8 Å². The van der Waals surface area contributed by atoms with Crippen LogP contribution in [0.25, 0.3) is 0 Å². The zero-order valence-electron chi connectivity index (χ0n) is 13.3. The molecule has 1 N–H and O–H groups in total. The molecule has 1 fully saturated rings. The highest BCUT2D eigenvalue weighted by molar-refractivity contribution is 5.74. The molecule has 2 amide bonds. The monoisotopic (exact) mass is 312 g/mol. The summed E-state index contributed by atoms with van der Waals surface area (Å²) >= 11 is 0. The summed E-state index contributed by atoms with van der Waals surface area (Å²) < 4.78 is 13.2. The molecule has 3 rings (SSSR count). The van der Waals surface area contributed by atoms with Crippen LogP contribution in [-0.4, -0.2) is 24.5 Å². The Morgan fingerprint density at radius 2 is 1.91 bits per heavy atom. The molecule has 3 nitrogen and oxygen atoms in total. The number of nitrogens with zero attached hydrogens (tertiary/aromatic N) is 1. The molecule has 0 unspecified atom stereocenters. The molecular weight excluding hydrogens is 291 g/mol. The van der Waals surface area contributed by atoms with Gasteiger partial charge in [-0.1, -0.05) is 42.5 Å². The standard InChI is InChI=1S/C19H21FN2O/c1-22(13-15-6-5-9-17(20)12-15)18(23)21-14-19(10-11-19)16-7-3-2-4-8-16/h2-9,12H,10-11,13-14H2,1H3,(H,21,23). The van der Waals surface area contributed by atoms with Crippen LogP contribution < -0.4 is 5.32 Å². The first-order valence-corrected chi connectivity index (χ1v) is 7.88. The Morgan fingerprint density at radius 3 is 2.57 bits per heavy atom. The maximum Gasteiger partial charge on any atom is 0.317 e. The number of benzene rings is 2. The zero-order valence-corrected chi connectivity index (χ0v) is 13.3. The van der Waals surface area contributed by atoms with Crippen molar-refractivity contribution in [3.63, 3.8) is 0 Å². The van der Waals surface area contributed by atoms with Gasteiger partial charge in [0.15, 0.2) is 0 Å². The van der Waals surface area contributed by atoms with Crippen LogP contribution in [-0.2, 0) is 12.0 Å². The van der Waals surface area contributed by atoms with Gasteiger partial charge in [-0.15, -0.1) is 0 Å². The van der Waals surface area contributed by atoms with Crippen LogP contribution in [0, 0.1) is 5.82 Å². The second kappa shape index (κ2) is 6.41. The molecule has 0 aliphatic heterocycles. The van der Waals surface area contributed by atoms with E-state index in [9.17, 15) is 9.18 Å². The molecule has 0 aromatic heterocycles. The van der Waals surface area contributed by atoms with Gasteiger partial charge in [0, 0.05) is 25.6 Å². The van der Waals surface area contributed by atoms with Crippen molar-refractivity contribution in [2.24, 2.45) is 0 Å². The van der Waals surface area contributed by atoms with E-state index in [4.69, 9.17) is 0 Å². The summed E-state index contributed by atoms with van der Waals surface area (Å²) in [4.78, 5) is 13.8. The minimum Gasteiger partial charge on any atom is -0.337 e. The van der Waals surface area contributed by atoms with E-state index in [1.54, 1.807) is 18.0 Å². The number of nitrogens with one attached hydrogen (secondary N) is 1. The number of carbonyl (C=O) groups is 1. The lowest BCUT2D eigenvalue weighted by molar-refractivity contribution is 0.205. The molecule has 120 valence electrons. The van der Waals surface area contributed by atoms with Crippen molar-refractivity contribution in [1.82, 2.24) is 10.2 Å². The summed E-state index contributed by atoms with van der Waals surface area (Å²) in [5, 5.41) is 3.01. The molecule has 23 heavy (non-hydrogen) atoms. The summed E-state index contributed by atoms with van der Waals surface area (Å²) in [6.07, 6.45) is 2.20. The predicted octanol–water partition coefficient (Wildman–Crippen LogP) is 3.70. The summed E-state index contributed by atoms with van der Waals surface area (Å²) in [6.45, 7) is 1.03. The number of urea groups is 1. The number of amides is 2. The Morgan fingerprint density at radius 1 is 1.17 bits per heavy atom. The molecule has 0 atom stereocenters. The van der Waals surface area contributed by atoms with Gasteiger partial charge in [-0.2, -0.15) is 0 Å². The van der Waals surface area contributed by atoms with Gasteiger partial charge < -0.3 is 10.2 Å². The van der Waals surface area contributed by atoms with Gasteiger partial charge in [0.2, 0.25) is 0 Å². The average molecular weight is 312 g/mol. The fourth-order valence-corrected chi connectivity index (χ4v) is 2.87. The highest BCUT2D eigenvalue weighted by Crippen LogP contribution is 2.47. The van der Waals surface area contributed by atoms with Crippen molar-refractivity contribution < 1.29 is 9.18 Å². The maximum absolute atomic E-state index is 13.2. The van der Waals surface area contributed by atoms with E-state index in [1.807, 2.05) is 24.3 Å². The molecule has 0 saturated heterocycles. The molecule has 2 aromatic rings. The molecule has 1 saturated carbocycles. The van der Waals surface area contributed by atoms with Crippen LogP contribution in [0.15, 0.2) is 54.6 Å². The summed E-state index contributed by atoms with van der Waals surface area (Å²) in [6, 6.07) is 16.5. The van der Waals surface area contributed by atoms with E-state index in [0.717, 1.165) is 18.4 Å². The van der Waals surface area contributed by atoms with Crippen molar-refractivity contribution >= 4 is 6.03 Å². The molecule has 1 aliphatic carbocycles. The van der Waals surface area contributed by atoms with Gasteiger partial charge in [0.25, 0.3) is 0 Å². The van der Waals surface area contributed by atoms with E-state index in [1.165, 1.54) is 17.7 Å². The topological polar surface area (TPSA) is 32.3 Å². The largest absolute Gasteiger partial charge is 0.337 e.